The molecule has 0 bridgehead atoms. The van der Waals surface area contributed by atoms with Crippen LogP contribution in [0.25, 0.3) is 17.1 Å². The number of Topliss-reactive ketones (excluding diaryl/α,β-unsaturated/α-hetero) is 1. The average molecular weight is 405 g/mol. The first-order chi connectivity index (χ1) is 14.5. The number of hydrogen-bond acceptors (Lipinski definition) is 7. The van der Waals surface area contributed by atoms with Gasteiger partial charge in [0.1, 0.15) is 17.1 Å². The lowest BCUT2D eigenvalue weighted by Crippen LogP contribution is -2.27. The number of aromatic nitrogens is 2. The van der Waals surface area contributed by atoms with Crippen molar-refractivity contribution in [3.63, 3.8) is 0 Å². The number of nitrogens with zero attached hydrogens (tertiary/aromatic N) is 2. The zero-order chi connectivity index (χ0) is 21.3. The van der Waals surface area contributed by atoms with E-state index in [2.05, 4.69) is 15.0 Å². The van der Waals surface area contributed by atoms with Crippen molar-refractivity contribution in [1.82, 2.24) is 9.97 Å². The number of pyridine rings is 1. The summed E-state index contributed by atoms with van der Waals surface area (Å²) >= 11 is 0. The Morgan fingerprint density at radius 2 is 2.23 bits per heavy atom. The van der Waals surface area contributed by atoms with Crippen LogP contribution >= 0.6 is 0 Å². The minimum atomic E-state index is -1.33. The van der Waals surface area contributed by atoms with Gasteiger partial charge in [-0.15, -0.1) is 0 Å². The van der Waals surface area contributed by atoms with Crippen LogP contribution in [0.5, 0.6) is 5.75 Å². The Balaban J connectivity index is 1.76. The fourth-order valence-corrected chi connectivity index (χ4v) is 3.18. The number of carbonyl (C=O) groups excluding carboxylic acids is 2. The van der Waals surface area contributed by atoms with E-state index < -0.39 is 17.7 Å². The first-order valence-electron chi connectivity index (χ1n) is 9.38. The topological polar surface area (TPSA) is 114 Å². The van der Waals surface area contributed by atoms with Crippen LogP contribution in [0.2, 0.25) is 0 Å². The molecule has 8 heteroatoms. The first-order valence-corrected chi connectivity index (χ1v) is 9.38. The number of ketones is 1. The minimum Gasteiger partial charge on any atom is -0.506 e. The molecule has 2 N–H and O–H groups in total. The van der Waals surface area contributed by atoms with E-state index in [0.29, 0.717) is 11.2 Å². The molecule has 30 heavy (non-hydrogen) atoms. The van der Waals surface area contributed by atoms with Crippen molar-refractivity contribution in [3.8, 4) is 5.75 Å². The van der Waals surface area contributed by atoms with Crippen LogP contribution in [0, 0.1) is 12.8 Å². The third-order valence-electron chi connectivity index (χ3n) is 4.62. The highest BCUT2D eigenvalue weighted by Gasteiger charge is 2.44. The monoisotopic (exact) mass is 405 g/mol. The molecule has 1 aromatic carbocycles. The zero-order valence-electron chi connectivity index (χ0n) is 16.4. The lowest BCUT2D eigenvalue weighted by Gasteiger charge is -2.07. The van der Waals surface area contributed by atoms with Crippen molar-refractivity contribution in [2.24, 2.45) is 10.9 Å². The number of rotatable bonds is 4. The average Bonchev–Trinajstić information content (AvgIpc) is 3.26. The number of phenols is 1. The Hall–Kier alpha value is -3.94. The third kappa shape index (κ3) is 3.55. The third-order valence-corrected chi connectivity index (χ3v) is 4.62. The van der Waals surface area contributed by atoms with Crippen LogP contribution in [-0.4, -0.2) is 39.3 Å². The van der Waals surface area contributed by atoms with Gasteiger partial charge in [0.05, 0.1) is 6.61 Å². The van der Waals surface area contributed by atoms with Gasteiger partial charge >= 0.3 is 5.97 Å². The molecule has 0 amide bonds. The van der Waals surface area contributed by atoms with Gasteiger partial charge in [-0.05, 0) is 49.8 Å². The standard InChI is InChI=1S/C22H19N3O5/c1-3-29-22(28)18-19(27)17(10-13-11-24-20-14(13)5-4-8-23-20)30-21(18)25-15-7-6-12(2)9-16(15)26/h4-11,18,26H,3H2,1-2H3,(H,23,24)/b17-10-,25-21?. The van der Waals surface area contributed by atoms with Crippen molar-refractivity contribution in [3.05, 3.63) is 59.6 Å². The Bertz CT molecular complexity index is 1210. The number of aromatic amines is 1. The molecule has 1 fully saturated rings. The number of aromatic hydroxyl groups is 1. The predicted octanol–water partition coefficient (Wildman–Crippen LogP) is 3.43. The van der Waals surface area contributed by atoms with Crippen LogP contribution < -0.4 is 0 Å². The maximum absolute atomic E-state index is 13.0. The molecule has 1 unspecified atom stereocenters. The van der Waals surface area contributed by atoms with E-state index >= 15 is 0 Å². The maximum atomic E-state index is 13.0. The second-order valence-electron chi connectivity index (χ2n) is 6.75. The summed E-state index contributed by atoms with van der Waals surface area (Å²) in [6, 6.07) is 8.51. The van der Waals surface area contributed by atoms with E-state index in [1.54, 1.807) is 37.5 Å². The fraction of sp³-hybridized carbons (Fsp3) is 0.182. The number of phenolic OH excluding ortho intramolecular Hbond substituents is 1. The van der Waals surface area contributed by atoms with Crippen molar-refractivity contribution >= 4 is 40.4 Å². The molecular formula is C22H19N3O5. The number of ether oxygens (including phenoxy) is 2. The summed E-state index contributed by atoms with van der Waals surface area (Å²) in [4.78, 5) is 36.9. The molecule has 0 saturated carbocycles. The van der Waals surface area contributed by atoms with Crippen LogP contribution in [-0.2, 0) is 19.1 Å². The number of fused-ring (bicyclic) bond motifs is 1. The molecule has 4 rings (SSSR count). The van der Waals surface area contributed by atoms with E-state index in [1.807, 2.05) is 13.0 Å². The quantitative estimate of drug-likeness (QED) is 0.391. The van der Waals surface area contributed by atoms with Gasteiger partial charge in [0.2, 0.25) is 11.7 Å². The Kier molecular flexibility index (Phi) is 5.05. The first kappa shape index (κ1) is 19.4. The lowest BCUT2D eigenvalue weighted by atomic mass is 10.0. The second-order valence-corrected chi connectivity index (χ2v) is 6.75. The van der Waals surface area contributed by atoms with E-state index in [-0.39, 0.29) is 29.7 Å². The van der Waals surface area contributed by atoms with Crippen LogP contribution in [0.3, 0.4) is 0 Å². The Morgan fingerprint density at radius 3 is 3.00 bits per heavy atom. The second kappa shape index (κ2) is 7.82. The van der Waals surface area contributed by atoms with Gasteiger partial charge in [-0.1, -0.05) is 6.07 Å². The minimum absolute atomic E-state index is 0.0387. The van der Waals surface area contributed by atoms with Crippen LogP contribution in [0.1, 0.15) is 18.1 Å². The molecule has 1 atom stereocenters. The van der Waals surface area contributed by atoms with E-state index in [4.69, 9.17) is 9.47 Å². The SMILES string of the molecule is CCOC(=O)C1C(=O)/C(=C/c2c[nH]c3ncccc23)OC1=Nc1ccc(C)cc1O. The molecule has 0 aliphatic carbocycles. The van der Waals surface area contributed by atoms with Crippen molar-refractivity contribution in [2.75, 3.05) is 6.61 Å². The largest absolute Gasteiger partial charge is 0.506 e. The summed E-state index contributed by atoms with van der Waals surface area (Å²) in [6.45, 7) is 3.58. The molecule has 3 aromatic rings. The van der Waals surface area contributed by atoms with E-state index in [0.717, 1.165) is 10.9 Å². The van der Waals surface area contributed by atoms with Crippen molar-refractivity contribution < 1.29 is 24.2 Å². The number of aliphatic imine (C=N–C) groups is 1. The van der Waals surface area contributed by atoms with E-state index in [9.17, 15) is 14.7 Å². The van der Waals surface area contributed by atoms with Crippen molar-refractivity contribution in [2.45, 2.75) is 13.8 Å². The van der Waals surface area contributed by atoms with E-state index in [1.165, 1.54) is 12.1 Å². The number of allylic oxidation sites excluding steroid dienone is 1. The fourth-order valence-electron chi connectivity index (χ4n) is 3.18. The molecule has 8 nitrogen and oxygen atoms in total. The number of H-pyrrole nitrogens is 1. The summed E-state index contributed by atoms with van der Waals surface area (Å²) in [5, 5.41) is 10.9. The lowest BCUT2D eigenvalue weighted by molar-refractivity contribution is -0.147. The number of aryl methyl sites for hydroxylation is 1. The highest BCUT2D eigenvalue weighted by Crippen LogP contribution is 2.32. The molecule has 1 aliphatic heterocycles. The smallest absolute Gasteiger partial charge is 0.326 e. The van der Waals surface area contributed by atoms with Gasteiger partial charge in [-0.25, -0.2) is 9.98 Å². The van der Waals surface area contributed by atoms with Gasteiger partial charge in [0.15, 0.2) is 11.7 Å². The summed E-state index contributed by atoms with van der Waals surface area (Å²) in [5.41, 5.74) is 2.38. The number of carbonyl (C=O) groups is 2. The summed E-state index contributed by atoms with van der Waals surface area (Å²) in [6.07, 6.45) is 4.89. The van der Waals surface area contributed by atoms with Gasteiger partial charge < -0.3 is 19.6 Å². The molecule has 0 spiro atoms. The van der Waals surface area contributed by atoms with Crippen molar-refractivity contribution in [1.29, 1.82) is 0 Å². The summed E-state index contributed by atoms with van der Waals surface area (Å²) < 4.78 is 10.7. The normalized spacial score (nSPS) is 18.9. The number of hydrogen-bond donors (Lipinski definition) is 2. The molecule has 1 aliphatic rings. The molecule has 0 radical (unpaired) electrons. The highest BCUT2D eigenvalue weighted by atomic mass is 16.5. The Morgan fingerprint density at radius 1 is 1.40 bits per heavy atom. The number of esters is 1. The number of nitrogens with one attached hydrogen (secondary N) is 1. The molecule has 3 heterocycles. The summed E-state index contributed by atoms with van der Waals surface area (Å²) in [7, 11) is 0. The maximum Gasteiger partial charge on any atom is 0.326 e. The Labute approximate surface area is 171 Å². The van der Waals surface area contributed by atoms with Gasteiger partial charge in [-0.3, -0.25) is 9.59 Å². The van der Waals surface area contributed by atoms with Gasteiger partial charge in [0, 0.05) is 23.3 Å². The van der Waals surface area contributed by atoms with Gasteiger partial charge in [0.25, 0.3) is 0 Å². The zero-order valence-corrected chi connectivity index (χ0v) is 16.4. The number of benzene rings is 1. The molecule has 1 saturated heterocycles. The predicted molar refractivity (Wildman–Crippen MR) is 110 cm³/mol. The molecular weight excluding hydrogens is 386 g/mol. The van der Waals surface area contributed by atoms with Crippen LogP contribution in [0.4, 0.5) is 5.69 Å². The summed E-state index contributed by atoms with van der Waals surface area (Å²) in [5.74, 6) is -2.90. The molecule has 152 valence electrons. The molecule has 2 aromatic heterocycles. The highest BCUT2D eigenvalue weighted by molar-refractivity contribution is 6.27. The van der Waals surface area contributed by atoms with Gasteiger partial charge in [-0.2, -0.15) is 0 Å². The van der Waals surface area contributed by atoms with Crippen LogP contribution in [0.15, 0.2) is 53.5 Å².